The second kappa shape index (κ2) is 10.7. The zero-order valence-corrected chi connectivity index (χ0v) is 20.1. The molecule has 37 heavy (non-hydrogen) atoms. The molecule has 0 bridgehead atoms. The number of aromatic amines is 1. The molecule has 0 spiro atoms. The number of anilines is 1. The molecule has 0 aliphatic rings. The van der Waals surface area contributed by atoms with Gasteiger partial charge in [-0.15, -0.1) is 0 Å². The van der Waals surface area contributed by atoms with Crippen molar-refractivity contribution in [2.24, 2.45) is 0 Å². The predicted molar refractivity (Wildman–Crippen MR) is 133 cm³/mol. The van der Waals surface area contributed by atoms with Gasteiger partial charge in [0.2, 0.25) is 0 Å². The van der Waals surface area contributed by atoms with Crippen molar-refractivity contribution in [1.29, 1.82) is 0 Å². The Labute approximate surface area is 210 Å². The minimum absolute atomic E-state index is 0.0170. The number of carbonyl (C=O) groups is 1. The molecule has 4 rings (SSSR count). The maximum absolute atomic E-state index is 13.2. The van der Waals surface area contributed by atoms with Crippen LogP contribution in [0.1, 0.15) is 17.3 Å². The van der Waals surface area contributed by atoms with Crippen molar-refractivity contribution >= 4 is 22.6 Å². The number of amides is 1. The summed E-state index contributed by atoms with van der Waals surface area (Å²) in [7, 11) is 1.50. The quantitative estimate of drug-likeness (QED) is 0.272. The van der Waals surface area contributed by atoms with Crippen LogP contribution in [0.4, 0.5) is 19.0 Å². The summed E-state index contributed by atoms with van der Waals surface area (Å²) in [6.45, 7) is 1.29. The number of fused-ring (bicyclic) bond motifs is 1. The summed E-state index contributed by atoms with van der Waals surface area (Å²) in [5.41, 5.74) is 7.65. The van der Waals surface area contributed by atoms with Gasteiger partial charge in [-0.2, -0.15) is 18.3 Å². The number of aromatic nitrogens is 2. The molecule has 8 nitrogen and oxygen atoms in total. The largest absolute Gasteiger partial charge is 0.490 e. The number of alkyl halides is 3. The number of hydrogen-bond donors (Lipinski definition) is 3. The Bertz CT molecular complexity index is 1390. The third-order valence-corrected chi connectivity index (χ3v) is 5.56. The summed E-state index contributed by atoms with van der Waals surface area (Å²) < 4.78 is 56.4. The Kier molecular flexibility index (Phi) is 7.42. The number of H-pyrrole nitrogens is 1. The van der Waals surface area contributed by atoms with Crippen molar-refractivity contribution in [2.45, 2.75) is 19.2 Å². The summed E-state index contributed by atoms with van der Waals surface area (Å²) in [5.74, 6) is 0.550. The minimum atomic E-state index is -4.57. The molecule has 3 aromatic carbocycles. The first-order valence-corrected chi connectivity index (χ1v) is 11.4. The first kappa shape index (κ1) is 25.7. The highest BCUT2D eigenvalue weighted by Crippen LogP contribution is 2.38. The van der Waals surface area contributed by atoms with Crippen LogP contribution in [0.2, 0.25) is 0 Å². The highest BCUT2D eigenvalue weighted by molar-refractivity contribution is 5.99. The van der Waals surface area contributed by atoms with Gasteiger partial charge in [0.15, 0.2) is 11.9 Å². The molecular formula is C26H25F3N4O4. The third kappa shape index (κ3) is 5.88. The molecule has 4 aromatic rings. The minimum Gasteiger partial charge on any atom is -0.490 e. The van der Waals surface area contributed by atoms with E-state index < -0.39 is 12.3 Å². The van der Waals surface area contributed by atoms with E-state index in [2.05, 4.69) is 15.5 Å². The van der Waals surface area contributed by atoms with Crippen LogP contribution in [0.25, 0.3) is 22.0 Å². The molecule has 1 heterocycles. The summed E-state index contributed by atoms with van der Waals surface area (Å²) in [6.07, 6.45) is -6.64. The first-order chi connectivity index (χ1) is 17.7. The van der Waals surface area contributed by atoms with E-state index in [-0.39, 0.29) is 41.8 Å². The van der Waals surface area contributed by atoms with Gasteiger partial charge in [0, 0.05) is 7.05 Å². The molecule has 0 saturated heterocycles. The lowest BCUT2D eigenvalue weighted by atomic mass is 10.0. The molecule has 0 aliphatic carbocycles. The molecule has 4 N–H and O–H groups in total. The number of carbonyl (C=O) groups excluding carboxylic acids is 1. The maximum Gasteiger partial charge on any atom is 0.425 e. The highest BCUT2D eigenvalue weighted by atomic mass is 19.4. The summed E-state index contributed by atoms with van der Waals surface area (Å²) >= 11 is 0. The van der Waals surface area contributed by atoms with Gasteiger partial charge in [0.05, 0.1) is 16.5 Å². The molecular weight excluding hydrogens is 489 g/mol. The fraction of sp³-hybridized carbons (Fsp3) is 0.231. The van der Waals surface area contributed by atoms with E-state index in [1.165, 1.54) is 13.1 Å². The van der Waals surface area contributed by atoms with Crippen molar-refractivity contribution in [3.63, 3.8) is 0 Å². The van der Waals surface area contributed by atoms with Gasteiger partial charge < -0.3 is 25.3 Å². The molecule has 1 aromatic heterocycles. The zero-order chi connectivity index (χ0) is 26.6. The molecule has 11 heteroatoms. The van der Waals surface area contributed by atoms with Gasteiger partial charge in [-0.3, -0.25) is 9.89 Å². The van der Waals surface area contributed by atoms with E-state index in [4.69, 9.17) is 19.9 Å². The Morgan fingerprint density at radius 1 is 1.03 bits per heavy atom. The maximum atomic E-state index is 13.2. The number of ether oxygens (including phenoxy) is 3. The smallest absolute Gasteiger partial charge is 0.425 e. The lowest BCUT2D eigenvalue weighted by Crippen LogP contribution is -2.31. The molecule has 0 saturated carbocycles. The number of nitrogens with zero attached hydrogens (tertiary/aromatic N) is 1. The molecule has 194 valence electrons. The molecule has 0 unspecified atom stereocenters. The lowest BCUT2D eigenvalue weighted by Gasteiger charge is -2.19. The molecule has 0 fully saturated rings. The van der Waals surface area contributed by atoms with Gasteiger partial charge in [-0.05, 0) is 54.4 Å². The fourth-order valence-corrected chi connectivity index (χ4v) is 3.63. The van der Waals surface area contributed by atoms with E-state index in [0.717, 1.165) is 6.92 Å². The monoisotopic (exact) mass is 514 g/mol. The first-order valence-electron chi connectivity index (χ1n) is 11.4. The molecule has 0 aliphatic heterocycles. The number of nitrogens with two attached hydrogens (primary N) is 1. The Morgan fingerprint density at radius 2 is 1.73 bits per heavy atom. The van der Waals surface area contributed by atoms with Crippen LogP contribution in [-0.2, 0) is 0 Å². The number of hydrogen-bond acceptors (Lipinski definition) is 6. The van der Waals surface area contributed by atoms with Crippen molar-refractivity contribution < 1.29 is 32.2 Å². The molecule has 0 radical (unpaired) electrons. The van der Waals surface area contributed by atoms with E-state index in [1.54, 1.807) is 24.3 Å². The zero-order valence-electron chi connectivity index (χ0n) is 20.1. The number of benzene rings is 3. The highest BCUT2D eigenvalue weighted by Gasteiger charge is 2.38. The van der Waals surface area contributed by atoms with Crippen LogP contribution in [0.15, 0.2) is 60.7 Å². The van der Waals surface area contributed by atoms with Crippen molar-refractivity contribution in [1.82, 2.24) is 15.5 Å². The number of rotatable bonds is 9. The van der Waals surface area contributed by atoms with Crippen LogP contribution in [0, 0.1) is 0 Å². The van der Waals surface area contributed by atoms with Gasteiger partial charge >= 0.3 is 6.18 Å². The number of nitrogen functional groups attached to an aromatic ring is 1. The molecule has 1 amide bonds. The number of halogens is 3. The summed E-state index contributed by atoms with van der Waals surface area (Å²) in [4.78, 5) is 12.4. The third-order valence-electron chi connectivity index (χ3n) is 5.56. The van der Waals surface area contributed by atoms with Gasteiger partial charge in [-0.1, -0.05) is 24.3 Å². The van der Waals surface area contributed by atoms with Crippen LogP contribution < -0.4 is 25.3 Å². The van der Waals surface area contributed by atoms with Crippen LogP contribution in [0.3, 0.4) is 0 Å². The Balaban J connectivity index is 1.65. The lowest BCUT2D eigenvalue weighted by molar-refractivity contribution is -0.188. The van der Waals surface area contributed by atoms with Gasteiger partial charge in [-0.25, -0.2) is 0 Å². The van der Waals surface area contributed by atoms with Crippen molar-refractivity contribution in [3.05, 3.63) is 66.2 Å². The van der Waals surface area contributed by atoms with Crippen LogP contribution >= 0.6 is 0 Å². The summed E-state index contributed by atoms with van der Waals surface area (Å²) in [5, 5.41) is 9.43. The normalized spacial score (nSPS) is 12.2. The van der Waals surface area contributed by atoms with Crippen LogP contribution in [0.5, 0.6) is 17.2 Å². The SMILES string of the molecule is CNC(=O)c1ccc(-c2cc(O[C@H](C)C(F)(F)F)c3c(N)n[nH]c3c2)cc1OCCOc1ccccc1. The predicted octanol–water partition coefficient (Wildman–Crippen LogP) is 4.96. The van der Waals surface area contributed by atoms with Crippen molar-refractivity contribution in [2.75, 3.05) is 26.0 Å². The topological polar surface area (TPSA) is 111 Å². The summed E-state index contributed by atoms with van der Waals surface area (Å²) in [6, 6.07) is 17.2. The standard InChI is InChI=1S/C26H25F3N4O4/c1-15(26(27,28)29)37-22-14-17(12-20-23(22)24(30)33-32-20)16-8-9-19(25(34)31-2)21(13-16)36-11-10-35-18-6-4-3-5-7-18/h3-9,12-15H,10-11H2,1-2H3,(H,31,34)(H3,30,32,33)/t15-/m1/s1. The van der Waals surface area contributed by atoms with E-state index in [1.807, 2.05) is 30.3 Å². The Morgan fingerprint density at radius 3 is 2.43 bits per heavy atom. The van der Waals surface area contributed by atoms with Gasteiger partial charge in [0.1, 0.15) is 30.5 Å². The van der Waals surface area contributed by atoms with E-state index in [9.17, 15) is 18.0 Å². The number of para-hydroxylation sites is 1. The second-order valence-electron chi connectivity index (χ2n) is 8.11. The second-order valence-corrected chi connectivity index (χ2v) is 8.11. The Hall–Kier alpha value is -4.41. The fourth-order valence-electron chi connectivity index (χ4n) is 3.63. The molecule has 1 atom stereocenters. The average Bonchev–Trinajstić information content (AvgIpc) is 3.26. The van der Waals surface area contributed by atoms with Crippen molar-refractivity contribution in [3.8, 4) is 28.4 Å². The van der Waals surface area contributed by atoms with E-state index in [0.29, 0.717) is 28.0 Å². The number of nitrogens with one attached hydrogen (secondary N) is 2. The van der Waals surface area contributed by atoms with Gasteiger partial charge in [0.25, 0.3) is 5.91 Å². The van der Waals surface area contributed by atoms with E-state index >= 15 is 0 Å². The van der Waals surface area contributed by atoms with Crippen LogP contribution in [-0.4, -0.2) is 48.6 Å². The average molecular weight is 515 g/mol.